The minimum atomic E-state index is -4.70. The summed E-state index contributed by atoms with van der Waals surface area (Å²) in [4.78, 5) is 12.8. The molecule has 0 bridgehead atoms. The van der Waals surface area contributed by atoms with E-state index in [9.17, 15) is 35.5 Å². The quantitative estimate of drug-likeness (QED) is 0.530. The fourth-order valence-corrected chi connectivity index (χ4v) is 4.14. The molecule has 32 heavy (non-hydrogen) atoms. The number of carboxylic acid groups (broad SMARTS) is 1. The van der Waals surface area contributed by atoms with Crippen LogP contribution in [0.2, 0.25) is 0 Å². The van der Waals surface area contributed by atoms with E-state index in [-0.39, 0.29) is 37.4 Å². The molecule has 0 radical (unpaired) electrons. The van der Waals surface area contributed by atoms with Gasteiger partial charge in [-0.25, -0.2) is 4.39 Å². The Morgan fingerprint density at radius 2 is 1.66 bits per heavy atom. The van der Waals surface area contributed by atoms with Crippen LogP contribution in [0, 0.1) is 11.7 Å². The zero-order chi connectivity index (χ0) is 23.7. The van der Waals surface area contributed by atoms with E-state index in [2.05, 4.69) is 0 Å². The molecule has 0 saturated carbocycles. The first-order valence-corrected chi connectivity index (χ1v) is 9.83. The molecule has 0 aromatic heterocycles. The second-order valence-corrected chi connectivity index (χ2v) is 7.89. The van der Waals surface area contributed by atoms with Gasteiger partial charge in [0.1, 0.15) is 5.82 Å². The predicted molar refractivity (Wildman–Crippen MR) is 101 cm³/mol. The summed E-state index contributed by atoms with van der Waals surface area (Å²) in [5.41, 5.74) is -1.71. The van der Waals surface area contributed by atoms with E-state index in [1.165, 1.54) is 12.1 Å². The zero-order valence-corrected chi connectivity index (χ0v) is 16.7. The topological polar surface area (TPSA) is 40.5 Å². The van der Waals surface area contributed by atoms with Crippen LogP contribution in [-0.2, 0) is 23.7 Å². The van der Waals surface area contributed by atoms with Gasteiger partial charge in [-0.05, 0) is 66.8 Å². The van der Waals surface area contributed by atoms with Crippen molar-refractivity contribution in [2.75, 3.05) is 6.54 Å². The van der Waals surface area contributed by atoms with E-state index < -0.39 is 41.3 Å². The van der Waals surface area contributed by atoms with Crippen molar-refractivity contribution in [1.82, 2.24) is 4.90 Å². The number of nitrogens with zero attached hydrogens (tertiary/aromatic N) is 1. The fourth-order valence-electron chi connectivity index (χ4n) is 4.14. The molecule has 1 N–H and O–H groups in total. The lowest BCUT2D eigenvalue weighted by molar-refractivity contribution is -0.140. The maximum atomic E-state index is 13.7. The Bertz CT molecular complexity index is 954. The number of carboxylic acids is 1. The number of piperidine rings is 1. The van der Waals surface area contributed by atoms with E-state index in [1.54, 1.807) is 4.90 Å². The summed E-state index contributed by atoms with van der Waals surface area (Å²) < 4.78 is 92.6. The van der Waals surface area contributed by atoms with E-state index in [4.69, 9.17) is 5.11 Å². The van der Waals surface area contributed by atoms with Crippen molar-refractivity contribution >= 4 is 5.97 Å². The molecule has 1 aliphatic rings. The van der Waals surface area contributed by atoms with Gasteiger partial charge in [0.2, 0.25) is 0 Å². The molecule has 2 aromatic rings. The van der Waals surface area contributed by atoms with Crippen molar-refractivity contribution in [3.8, 4) is 0 Å². The summed E-state index contributed by atoms with van der Waals surface area (Å²) in [5, 5.41) is 9.10. The van der Waals surface area contributed by atoms with Crippen molar-refractivity contribution < 1.29 is 40.6 Å². The molecule has 3 rings (SSSR count). The Morgan fingerprint density at radius 1 is 1.00 bits per heavy atom. The van der Waals surface area contributed by atoms with E-state index in [0.717, 1.165) is 24.3 Å². The molecule has 3 nitrogen and oxygen atoms in total. The molecule has 0 aliphatic carbocycles. The van der Waals surface area contributed by atoms with E-state index in [1.807, 2.05) is 0 Å². The minimum absolute atomic E-state index is 0.154. The molecule has 1 aliphatic heterocycles. The Kier molecular flexibility index (Phi) is 6.83. The summed E-state index contributed by atoms with van der Waals surface area (Å²) in [5.74, 6) is -2.15. The van der Waals surface area contributed by atoms with Crippen LogP contribution in [0.1, 0.15) is 47.6 Å². The third-order valence-electron chi connectivity index (χ3n) is 5.65. The summed E-state index contributed by atoms with van der Waals surface area (Å²) in [6.07, 6.45) is -8.76. The molecule has 2 aromatic carbocycles. The number of hydrogen-bond acceptors (Lipinski definition) is 2. The maximum Gasteiger partial charge on any atom is 0.416 e. The minimum Gasteiger partial charge on any atom is -0.481 e. The Morgan fingerprint density at radius 3 is 2.22 bits per heavy atom. The lowest BCUT2D eigenvalue weighted by Gasteiger charge is -2.40. The van der Waals surface area contributed by atoms with E-state index >= 15 is 0 Å². The first-order chi connectivity index (χ1) is 14.8. The molecule has 1 fully saturated rings. The molecule has 2 atom stereocenters. The molecule has 2 unspecified atom stereocenters. The average molecular weight is 463 g/mol. The van der Waals surface area contributed by atoms with Gasteiger partial charge in [0.05, 0.1) is 11.1 Å². The van der Waals surface area contributed by atoms with Gasteiger partial charge < -0.3 is 5.11 Å². The van der Waals surface area contributed by atoms with Crippen LogP contribution >= 0.6 is 0 Å². The van der Waals surface area contributed by atoms with Gasteiger partial charge in [0.15, 0.2) is 0 Å². The third kappa shape index (κ3) is 5.79. The van der Waals surface area contributed by atoms with Gasteiger partial charge in [0, 0.05) is 19.0 Å². The first-order valence-electron chi connectivity index (χ1n) is 9.83. The molecular formula is C22H20F7NO2. The van der Waals surface area contributed by atoms with Crippen LogP contribution in [-0.4, -0.2) is 22.5 Å². The highest BCUT2D eigenvalue weighted by molar-refractivity contribution is 5.67. The van der Waals surface area contributed by atoms with Crippen LogP contribution < -0.4 is 0 Å². The predicted octanol–water partition coefficient (Wildman–Crippen LogP) is 6.29. The molecular weight excluding hydrogens is 443 g/mol. The standard InChI is InChI=1S/C22H20F7NO2/c23-17-5-6-18(22(27,28)29)15(11-17)12-30-8-7-13(10-20(31)32)9-19(30)14-1-3-16(4-2-14)21(24,25)26/h1-6,11,13,19H,7-10,12H2,(H,31,32). The highest BCUT2D eigenvalue weighted by Gasteiger charge is 2.37. The van der Waals surface area contributed by atoms with Crippen molar-refractivity contribution in [2.45, 2.75) is 44.2 Å². The number of benzene rings is 2. The Balaban J connectivity index is 1.93. The third-order valence-corrected chi connectivity index (χ3v) is 5.65. The van der Waals surface area contributed by atoms with Gasteiger partial charge in [-0.15, -0.1) is 0 Å². The van der Waals surface area contributed by atoms with Crippen molar-refractivity contribution in [1.29, 1.82) is 0 Å². The van der Waals surface area contributed by atoms with Gasteiger partial charge in [-0.2, -0.15) is 26.3 Å². The summed E-state index contributed by atoms with van der Waals surface area (Å²) in [6, 6.07) is 5.85. The average Bonchev–Trinajstić information content (AvgIpc) is 2.67. The number of aliphatic carboxylic acids is 1. The van der Waals surface area contributed by atoms with Gasteiger partial charge in [-0.1, -0.05) is 12.1 Å². The summed E-state index contributed by atoms with van der Waals surface area (Å²) >= 11 is 0. The van der Waals surface area contributed by atoms with Gasteiger partial charge in [-0.3, -0.25) is 9.69 Å². The van der Waals surface area contributed by atoms with Gasteiger partial charge >= 0.3 is 18.3 Å². The lowest BCUT2D eigenvalue weighted by atomic mass is 9.84. The van der Waals surface area contributed by atoms with Crippen molar-refractivity contribution in [3.63, 3.8) is 0 Å². The lowest BCUT2D eigenvalue weighted by Crippen LogP contribution is -2.37. The maximum absolute atomic E-state index is 13.7. The molecule has 10 heteroatoms. The van der Waals surface area contributed by atoms with Crippen LogP contribution in [0.3, 0.4) is 0 Å². The number of rotatable bonds is 5. The second kappa shape index (κ2) is 9.09. The van der Waals surface area contributed by atoms with Gasteiger partial charge in [0.25, 0.3) is 0 Å². The highest BCUT2D eigenvalue weighted by Crippen LogP contribution is 2.40. The number of halogens is 7. The number of alkyl halides is 6. The largest absolute Gasteiger partial charge is 0.481 e. The van der Waals surface area contributed by atoms with Crippen LogP contribution in [0.4, 0.5) is 30.7 Å². The van der Waals surface area contributed by atoms with Crippen molar-refractivity contribution in [2.24, 2.45) is 5.92 Å². The fraction of sp³-hybridized carbons (Fsp3) is 0.409. The zero-order valence-electron chi connectivity index (χ0n) is 16.7. The van der Waals surface area contributed by atoms with E-state index in [0.29, 0.717) is 18.1 Å². The normalized spacial score (nSPS) is 20.3. The SMILES string of the molecule is O=C(O)CC1CCN(Cc2cc(F)ccc2C(F)(F)F)C(c2ccc(C(F)(F)F)cc2)C1. The Labute approximate surface area is 179 Å². The first kappa shape index (κ1) is 24.0. The smallest absolute Gasteiger partial charge is 0.416 e. The Hall–Kier alpha value is -2.62. The van der Waals surface area contributed by atoms with Crippen LogP contribution in [0.25, 0.3) is 0 Å². The molecule has 174 valence electrons. The summed E-state index contributed by atoms with van der Waals surface area (Å²) in [6.45, 7) is -0.0600. The molecule has 1 heterocycles. The van der Waals surface area contributed by atoms with Crippen molar-refractivity contribution in [3.05, 3.63) is 70.5 Å². The molecule has 0 amide bonds. The van der Waals surface area contributed by atoms with Crippen LogP contribution in [0.5, 0.6) is 0 Å². The van der Waals surface area contributed by atoms with Crippen LogP contribution in [0.15, 0.2) is 42.5 Å². The molecule has 1 saturated heterocycles. The second-order valence-electron chi connectivity index (χ2n) is 7.89. The summed E-state index contributed by atoms with van der Waals surface area (Å²) in [7, 11) is 0. The number of carbonyl (C=O) groups is 1. The monoisotopic (exact) mass is 463 g/mol. The highest BCUT2D eigenvalue weighted by atomic mass is 19.4. The number of likely N-dealkylation sites (tertiary alicyclic amines) is 1. The number of hydrogen-bond donors (Lipinski definition) is 1. The molecule has 0 spiro atoms.